The molecule has 222 valence electrons. The van der Waals surface area contributed by atoms with Gasteiger partial charge in [0.05, 0.1) is 5.75 Å². The summed E-state index contributed by atoms with van der Waals surface area (Å²) < 4.78 is 22.1. The van der Waals surface area contributed by atoms with E-state index in [1.54, 1.807) is 0 Å². The maximum atomic E-state index is 12.5. The van der Waals surface area contributed by atoms with Crippen molar-refractivity contribution in [3.63, 3.8) is 0 Å². The monoisotopic (exact) mass is 602 g/mol. The summed E-state index contributed by atoms with van der Waals surface area (Å²) in [5.41, 5.74) is 8.21. The molecular weight excluding hydrogens is 564 g/mol. The molecule has 0 bridgehead atoms. The van der Waals surface area contributed by atoms with Crippen LogP contribution in [0.15, 0.2) is 24.3 Å². The first-order valence-electron chi connectivity index (χ1n) is 14.0. The van der Waals surface area contributed by atoms with Crippen LogP contribution in [0.5, 0.6) is 0 Å². The van der Waals surface area contributed by atoms with E-state index >= 15 is 0 Å². The molecule has 0 saturated carbocycles. The quantitative estimate of drug-likeness (QED) is 0.272. The molecule has 4 rings (SSSR count). The smallest absolute Gasteiger partial charge is 0.273 e. The van der Waals surface area contributed by atoms with Crippen molar-refractivity contribution in [1.82, 2.24) is 25.1 Å². The topological polar surface area (TPSA) is 151 Å². The summed E-state index contributed by atoms with van der Waals surface area (Å²) in [5, 5.41) is 7.69. The summed E-state index contributed by atoms with van der Waals surface area (Å²) in [6.07, 6.45) is 8.87. The highest BCUT2D eigenvalue weighted by Crippen LogP contribution is 2.30. The minimum Gasteiger partial charge on any atom is -0.382 e. The van der Waals surface area contributed by atoms with Crippen LogP contribution < -0.4 is 21.1 Å². The largest absolute Gasteiger partial charge is 0.382 e. The zero-order valence-electron chi connectivity index (χ0n) is 23.4. The van der Waals surface area contributed by atoms with Crippen molar-refractivity contribution in [3.05, 3.63) is 46.2 Å². The predicted octanol–water partition coefficient (Wildman–Crippen LogP) is 1.67. The molecule has 11 nitrogen and oxygen atoms in total. The van der Waals surface area contributed by atoms with Gasteiger partial charge < -0.3 is 16.0 Å². The predicted molar refractivity (Wildman–Crippen MR) is 162 cm³/mol. The van der Waals surface area contributed by atoms with E-state index in [1.807, 2.05) is 12.1 Å². The molecule has 2 aromatic rings. The van der Waals surface area contributed by atoms with Gasteiger partial charge in [0.25, 0.3) is 5.91 Å². The van der Waals surface area contributed by atoms with Gasteiger partial charge in [-0.3, -0.25) is 14.6 Å². The number of primary sulfonamides is 1. The van der Waals surface area contributed by atoms with E-state index in [1.165, 1.54) is 5.56 Å². The molecule has 5 N–H and O–H groups in total. The van der Waals surface area contributed by atoms with Gasteiger partial charge in [-0.1, -0.05) is 36.6 Å². The number of nitrogen functional groups attached to an aromatic ring is 1. The van der Waals surface area contributed by atoms with Crippen LogP contribution in [-0.4, -0.2) is 91.2 Å². The molecule has 1 aromatic carbocycles. The Morgan fingerprint density at radius 3 is 2.51 bits per heavy atom. The van der Waals surface area contributed by atoms with Crippen molar-refractivity contribution in [3.8, 4) is 12.3 Å². The van der Waals surface area contributed by atoms with E-state index in [0.717, 1.165) is 64.1 Å². The number of amides is 1. The molecule has 2 aliphatic rings. The molecule has 13 heteroatoms. The Labute approximate surface area is 247 Å². The maximum Gasteiger partial charge on any atom is 0.273 e. The molecule has 1 atom stereocenters. The van der Waals surface area contributed by atoms with Crippen molar-refractivity contribution >= 4 is 39.2 Å². The SMILES string of the molecule is C#Cc1ccc(CN2CCC(N3CCN(c4nc(N)c(C(=O)NCCCS(N)(=O)=O)nc4Cl)C[C@@H]3CC)CC2)cc1. The van der Waals surface area contributed by atoms with Crippen LogP contribution in [0.25, 0.3) is 0 Å². The summed E-state index contributed by atoms with van der Waals surface area (Å²) in [7, 11) is -3.60. The average molecular weight is 603 g/mol. The number of rotatable bonds is 10. The second-order valence-corrected chi connectivity index (χ2v) is 12.7. The Balaban J connectivity index is 1.32. The summed E-state index contributed by atoms with van der Waals surface area (Å²) in [5.74, 6) is 2.32. The third kappa shape index (κ3) is 8.30. The lowest BCUT2D eigenvalue weighted by molar-refractivity contribution is 0.0610. The van der Waals surface area contributed by atoms with Crippen LogP contribution in [0.1, 0.15) is 54.2 Å². The molecule has 0 spiro atoms. The van der Waals surface area contributed by atoms with Crippen molar-refractivity contribution in [2.75, 3.05) is 55.7 Å². The van der Waals surface area contributed by atoms with Crippen molar-refractivity contribution in [2.24, 2.45) is 5.14 Å². The number of likely N-dealkylation sites (tertiary alicyclic amines) is 1. The first-order valence-corrected chi connectivity index (χ1v) is 16.1. The van der Waals surface area contributed by atoms with E-state index in [0.29, 0.717) is 17.9 Å². The summed E-state index contributed by atoms with van der Waals surface area (Å²) in [4.78, 5) is 28.5. The second-order valence-electron chi connectivity index (χ2n) is 10.6. The molecule has 2 saturated heterocycles. The third-order valence-corrected chi connectivity index (χ3v) is 8.93. The van der Waals surface area contributed by atoms with Gasteiger partial charge in [0.15, 0.2) is 22.5 Å². The molecule has 0 unspecified atom stereocenters. The Bertz CT molecular complexity index is 1360. The zero-order valence-corrected chi connectivity index (χ0v) is 25.0. The lowest BCUT2D eigenvalue weighted by Gasteiger charge is -2.47. The number of sulfonamides is 1. The lowest BCUT2D eigenvalue weighted by atomic mass is 9.97. The molecule has 0 aliphatic carbocycles. The number of anilines is 2. The second kappa shape index (κ2) is 13.8. The van der Waals surface area contributed by atoms with Crippen molar-refractivity contribution < 1.29 is 13.2 Å². The van der Waals surface area contributed by atoms with Crippen molar-refractivity contribution in [2.45, 2.75) is 51.2 Å². The summed E-state index contributed by atoms with van der Waals surface area (Å²) in [6, 6.07) is 9.09. The number of nitrogens with zero attached hydrogens (tertiary/aromatic N) is 5. The number of hydrogen-bond donors (Lipinski definition) is 3. The lowest BCUT2D eigenvalue weighted by Crippen LogP contribution is -2.58. The number of aromatic nitrogens is 2. The van der Waals surface area contributed by atoms with Gasteiger partial charge in [0.2, 0.25) is 10.0 Å². The van der Waals surface area contributed by atoms with Crippen LogP contribution in [-0.2, 0) is 16.6 Å². The van der Waals surface area contributed by atoms with Crippen LogP contribution >= 0.6 is 11.6 Å². The van der Waals surface area contributed by atoms with Crippen molar-refractivity contribution in [1.29, 1.82) is 0 Å². The number of nitrogens with one attached hydrogen (secondary N) is 1. The van der Waals surface area contributed by atoms with E-state index < -0.39 is 15.9 Å². The van der Waals surface area contributed by atoms with E-state index in [2.05, 4.69) is 55.0 Å². The molecular formula is C28H39ClN8O3S. The fourth-order valence-electron chi connectivity index (χ4n) is 5.63. The minimum absolute atomic E-state index is 0.0230. The first kappa shape index (κ1) is 31.0. The highest BCUT2D eigenvalue weighted by atomic mass is 35.5. The number of carbonyl (C=O) groups excluding carboxylic acids is 1. The first-order chi connectivity index (χ1) is 19.6. The number of piperazine rings is 1. The van der Waals surface area contributed by atoms with E-state index in [4.69, 9.17) is 28.9 Å². The molecule has 0 radical (unpaired) electrons. The van der Waals surface area contributed by atoms with Gasteiger partial charge >= 0.3 is 0 Å². The number of halogens is 1. The van der Waals surface area contributed by atoms with Gasteiger partial charge in [-0.2, -0.15) is 0 Å². The Hall–Kier alpha value is -2.95. The van der Waals surface area contributed by atoms with Crippen LogP contribution in [0.3, 0.4) is 0 Å². The standard InChI is InChI=1S/C28H39ClN8O3S/c1-3-20-6-8-21(9-7-20)18-35-13-10-23(11-14-35)37-16-15-36(19-22(37)4-2)27-25(29)33-24(26(30)34-27)28(38)32-12-5-17-41(31,39)40/h1,6-9,22-23H,4-5,10-19H2,2H3,(H2,30,34)(H,32,38)(H2,31,39,40)/t22-/m0/s1. The third-order valence-electron chi connectivity index (χ3n) is 7.82. The number of benzene rings is 1. The molecule has 2 aliphatic heterocycles. The van der Waals surface area contributed by atoms with Crippen LogP contribution in [0.4, 0.5) is 11.6 Å². The van der Waals surface area contributed by atoms with Gasteiger partial charge in [-0.25, -0.2) is 23.5 Å². The fraction of sp³-hybridized carbons (Fsp3) is 0.536. The van der Waals surface area contributed by atoms with Gasteiger partial charge in [-0.15, -0.1) is 6.42 Å². The Kier molecular flexibility index (Phi) is 10.4. The summed E-state index contributed by atoms with van der Waals surface area (Å²) in [6.45, 7) is 7.69. The molecule has 1 aromatic heterocycles. The Morgan fingerprint density at radius 1 is 1.17 bits per heavy atom. The number of carbonyl (C=O) groups is 1. The highest BCUT2D eigenvalue weighted by Gasteiger charge is 2.34. The minimum atomic E-state index is -3.60. The van der Waals surface area contributed by atoms with Crippen LogP contribution in [0.2, 0.25) is 5.15 Å². The number of terminal acetylenes is 1. The number of hydrogen-bond acceptors (Lipinski definition) is 9. The molecule has 41 heavy (non-hydrogen) atoms. The maximum absolute atomic E-state index is 12.5. The molecule has 2 fully saturated rings. The van der Waals surface area contributed by atoms with Gasteiger partial charge in [0, 0.05) is 50.4 Å². The van der Waals surface area contributed by atoms with E-state index in [9.17, 15) is 13.2 Å². The fourth-order valence-corrected chi connectivity index (χ4v) is 6.42. The normalized spacial score (nSPS) is 19.2. The van der Waals surface area contributed by atoms with Gasteiger partial charge in [-0.05, 0) is 56.5 Å². The van der Waals surface area contributed by atoms with Crippen LogP contribution in [0, 0.1) is 12.3 Å². The number of piperidine rings is 1. The highest BCUT2D eigenvalue weighted by molar-refractivity contribution is 7.89. The summed E-state index contributed by atoms with van der Waals surface area (Å²) >= 11 is 6.50. The Morgan fingerprint density at radius 2 is 1.88 bits per heavy atom. The number of nitrogens with two attached hydrogens (primary N) is 2. The van der Waals surface area contributed by atoms with Gasteiger partial charge in [0.1, 0.15) is 0 Å². The van der Waals surface area contributed by atoms with E-state index in [-0.39, 0.29) is 35.4 Å². The zero-order chi connectivity index (χ0) is 29.6. The average Bonchev–Trinajstić information content (AvgIpc) is 2.96. The molecule has 3 heterocycles. The molecule has 1 amide bonds.